The van der Waals surface area contributed by atoms with Gasteiger partial charge in [-0.3, -0.25) is 9.97 Å². The van der Waals surface area contributed by atoms with Gasteiger partial charge in [0.1, 0.15) is 0 Å². The summed E-state index contributed by atoms with van der Waals surface area (Å²) in [5.74, 6) is 0. The first kappa shape index (κ1) is 15.0. The molecule has 114 valence electrons. The summed E-state index contributed by atoms with van der Waals surface area (Å²) in [6.45, 7) is 4.49. The summed E-state index contributed by atoms with van der Waals surface area (Å²) >= 11 is 0. The fraction of sp³-hybridized carbons (Fsp3) is 0.400. The predicted octanol–water partition coefficient (Wildman–Crippen LogP) is 5.47. The molecule has 0 fully saturated rings. The number of fused-ring (bicyclic) bond motifs is 3. The molecule has 0 unspecified atom stereocenters. The molecule has 0 atom stereocenters. The van der Waals surface area contributed by atoms with E-state index in [2.05, 4.69) is 43.1 Å². The molecule has 2 nitrogen and oxygen atoms in total. The molecule has 0 saturated heterocycles. The van der Waals surface area contributed by atoms with E-state index < -0.39 is 0 Å². The molecule has 2 heterocycles. The summed E-state index contributed by atoms with van der Waals surface area (Å²) in [5, 5.41) is 2.39. The summed E-state index contributed by atoms with van der Waals surface area (Å²) in [4.78, 5) is 9.59. The van der Waals surface area contributed by atoms with Gasteiger partial charge < -0.3 is 0 Å². The third kappa shape index (κ3) is 2.96. The van der Waals surface area contributed by atoms with Crippen molar-refractivity contribution in [1.82, 2.24) is 9.97 Å². The van der Waals surface area contributed by atoms with Gasteiger partial charge in [0.25, 0.3) is 0 Å². The zero-order chi connectivity index (χ0) is 15.4. The average molecular weight is 292 g/mol. The monoisotopic (exact) mass is 292 g/mol. The van der Waals surface area contributed by atoms with E-state index >= 15 is 0 Å². The van der Waals surface area contributed by atoms with Crippen molar-refractivity contribution in [1.29, 1.82) is 0 Å². The molecule has 0 aliphatic rings. The van der Waals surface area contributed by atoms with Crippen LogP contribution in [0.15, 0.2) is 36.5 Å². The second kappa shape index (κ2) is 6.87. The Morgan fingerprint density at radius 2 is 1.64 bits per heavy atom. The Morgan fingerprint density at radius 3 is 2.45 bits per heavy atom. The van der Waals surface area contributed by atoms with Crippen molar-refractivity contribution < 1.29 is 0 Å². The Hall–Kier alpha value is -1.96. The summed E-state index contributed by atoms with van der Waals surface area (Å²) < 4.78 is 0. The lowest BCUT2D eigenvalue weighted by Gasteiger charge is -2.11. The molecule has 1 aromatic carbocycles. The van der Waals surface area contributed by atoms with Gasteiger partial charge in [0.15, 0.2) is 0 Å². The zero-order valence-corrected chi connectivity index (χ0v) is 13.6. The maximum Gasteiger partial charge on any atom is 0.0968 e. The standard InChI is InChI=1S/C20H24N2/c1-3-5-8-16-14-17-12-11-15-9-7-13-21-19(15)20(17)22-18(16)10-6-4-2/h7,9,11-14H,3-6,8,10H2,1-2H3. The van der Waals surface area contributed by atoms with Crippen molar-refractivity contribution in [3.63, 3.8) is 0 Å². The van der Waals surface area contributed by atoms with Crippen LogP contribution in [-0.2, 0) is 12.8 Å². The maximum atomic E-state index is 5.03. The van der Waals surface area contributed by atoms with E-state index in [4.69, 9.17) is 4.98 Å². The molecule has 0 aliphatic carbocycles. The van der Waals surface area contributed by atoms with Gasteiger partial charge in [-0.05, 0) is 43.4 Å². The van der Waals surface area contributed by atoms with E-state index in [9.17, 15) is 0 Å². The number of benzene rings is 1. The van der Waals surface area contributed by atoms with Gasteiger partial charge in [-0.25, -0.2) is 0 Å². The molecule has 0 radical (unpaired) electrons. The van der Waals surface area contributed by atoms with E-state index in [1.165, 1.54) is 47.7 Å². The maximum absolute atomic E-state index is 5.03. The van der Waals surface area contributed by atoms with Crippen LogP contribution in [-0.4, -0.2) is 9.97 Å². The van der Waals surface area contributed by atoms with Gasteiger partial charge in [0.2, 0.25) is 0 Å². The second-order valence-corrected chi connectivity index (χ2v) is 6.01. The van der Waals surface area contributed by atoms with Crippen molar-refractivity contribution in [3.05, 3.63) is 47.8 Å². The number of hydrogen-bond acceptors (Lipinski definition) is 2. The Bertz CT molecular complexity index is 777. The molecule has 0 bridgehead atoms. The summed E-state index contributed by atoms with van der Waals surface area (Å²) in [7, 11) is 0. The fourth-order valence-corrected chi connectivity index (χ4v) is 3.00. The highest BCUT2D eigenvalue weighted by Crippen LogP contribution is 2.25. The van der Waals surface area contributed by atoms with E-state index in [0.717, 1.165) is 23.9 Å². The second-order valence-electron chi connectivity index (χ2n) is 6.01. The number of hydrogen-bond donors (Lipinski definition) is 0. The third-order valence-corrected chi connectivity index (χ3v) is 4.29. The average Bonchev–Trinajstić information content (AvgIpc) is 2.57. The lowest BCUT2D eigenvalue weighted by atomic mass is 10.00. The lowest BCUT2D eigenvalue weighted by molar-refractivity contribution is 0.744. The first-order valence-electron chi connectivity index (χ1n) is 8.49. The van der Waals surface area contributed by atoms with Crippen LogP contribution in [0.5, 0.6) is 0 Å². The van der Waals surface area contributed by atoms with Crippen molar-refractivity contribution in [2.45, 2.75) is 52.4 Å². The van der Waals surface area contributed by atoms with Crippen molar-refractivity contribution in [2.24, 2.45) is 0 Å². The number of pyridine rings is 2. The first-order chi connectivity index (χ1) is 10.8. The molecule has 2 heteroatoms. The summed E-state index contributed by atoms with van der Waals surface area (Å²) in [6, 6.07) is 10.8. The van der Waals surface area contributed by atoms with E-state index in [-0.39, 0.29) is 0 Å². The highest BCUT2D eigenvalue weighted by atomic mass is 14.8. The highest BCUT2D eigenvalue weighted by molar-refractivity contribution is 6.02. The molecule has 0 saturated carbocycles. The molecule has 22 heavy (non-hydrogen) atoms. The van der Waals surface area contributed by atoms with Crippen LogP contribution in [0.4, 0.5) is 0 Å². The van der Waals surface area contributed by atoms with E-state index in [1.54, 1.807) is 0 Å². The topological polar surface area (TPSA) is 25.8 Å². The largest absolute Gasteiger partial charge is 0.254 e. The van der Waals surface area contributed by atoms with Gasteiger partial charge in [-0.15, -0.1) is 0 Å². The van der Waals surface area contributed by atoms with Crippen molar-refractivity contribution >= 4 is 21.8 Å². The highest BCUT2D eigenvalue weighted by Gasteiger charge is 2.09. The lowest BCUT2D eigenvalue weighted by Crippen LogP contribution is -2.00. The Kier molecular flexibility index (Phi) is 4.67. The minimum absolute atomic E-state index is 1.03. The number of nitrogens with zero attached hydrogens (tertiary/aromatic N) is 2. The van der Waals surface area contributed by atoms with Crippen molar-refractivity contribution in [3.8, 4) is 0 Å². The first-order valence-corrected chi connectivity index (χ1v) is 8.49. The Labute approximate surface area is 132 Å². The fourth-order valence-electron chi connectivity index (χ4n) is 3.00. The number of rotatable bonds is 6. The zero-order valence-electron chi connectivity index (χ0n) is 13.6. The van der Waals surface area contributed by atoms with E-state index in [0.29, 0.717) is 0 Å². The van der Waals surface area contributed by atoms with Gasteiger partial charge >= 0.3 is 0 Å². The molecule has 2 aromatic heterocycles. The minimum Gasteiger partial charge on any atom is -0.254 e. The van der Waals surface area contributed by atoms with Crippen LogP contribution in [0.1, 0.15) is 50.8 Å². The van der Waals surface area contributed by atoms with Crippen LogP contribution >= 0.6 is 0 Å². The van der Waals surface area contributed by atoms with Gasteiger partial charge in [0.05, 0.1) is 11.0 Å². The van der Waals surface area contributed by atoms with Gasteiger partial charge in [-0.2, -0.15) is 0 Å². The Morgan fingerprint density at radius 1 is 0.864 bits per heavy atom. The SMILES string of the molecule is CCCCc1cc2ccc3cccnc3c2nc1CCCC. The van der Waals surface area contributed by atoms with Crippen LogP contribution in [0.2, 0.25) is 0 Å². The molecule has 0 N–H and O–H groups in total. The van der Waals surface area contributed by atoms with Crippen molar-refractivity contribution in [2.75, 3.05) is 0 Å². The van der Waals surface area contributed by atoms with Crippen LogP contribution in [0, 0.1) is 0 Å². The number of aromatic nitrogens is 2. The van der Waals surface area contributed by atoms with E-state index in [1.807, 2.05) is 12.3 Å². The smallest absolute Gasteiger partial charge is 0.0968 e. The molecular weight excluding hydrogens is 268 g/mol. The quantitative estimate of drug-likeness (QED) is 0.563. The summed E-state index contributed by atoms with van der Waals surface area (Å²) in [6.07, 6.45) is 8.95. The molecule has 0 amide bonds. The van der Waals surface area contributed by atoms with Crippen LogP contribution in [0.3, 0.4) is 0 Å². The molecule has 3 aromatic rings. The van der Waals surface area contributed by atoms with Crippen LogP contribution in [0.25, 0.3) is 21.8 Å². The third-order valence-electron chi connectivity index (χ3n) is 4.29. The molecule has 3 rings (SSSR count). The van der Waals surface area contributed by atoms with Crippen LogP contribution < -0.4 is 0 Å². The van der Waals surface area contributed by atoms with Gasteiger partial charge in [0, 0.05) is 22.7 Å². The number of aryl methyl sites for hydroxylation is 2. The van der Waals surface area contributed by atoms with Gasteiger partial charge in [-0.1, -0.05) is 44.9 Å². The Balaban J connectivity index is 2.15. The normalized spacial score (nSPS) is 11.4. The number of unbranched alkanes of at least 4 members (excludes halogenated alkanes) is 2. The minimum atomic E-state index is 1.03. The molecule has 0 aliphatic heterocycles. The predicted molar refractivity (Wildman–Crippen MR) is 94.3 cm³/mol. The summed E-state index contributed by atoms with van der Waals surface area (Å²) in [5.41, 5.74) is 4.79. The molecular formula is C20H24N2. The molecule has 0 spiro atoms.